The van der Waals surface area contributed by atoms with E-state index in [2.05, 4.69) is 10.1 Å². The number of nitrogens with one attached hydrogen (secondary N) is 1. The third-order valence-electron chi connectivity index (χ3n) is 3.75. The van der Waals surface area contributed by atoms with E-state index in [9.17, 15) is 19.7 Å². The minimum absolute atomic E-state index is 0.100. The monoisotopic (exact) mass is 368 g/mol. The fourth-order valence-electron chi connectivity index (χ4n) is 2.61. The van der Waals surface area contributed by atoms with Crippen LogP contribution in [0, 0.1) is 10.1 Å². The maximum atomic E-state index is 11.8. The van der Waals surface area contributed by atoms with Gasteiger partial charge in [0.05, 0.1) is 17.7 Å². The Bertz CT molecular complexity index is 693. The normalized spacial score (nSPS) is 22.2. The maximum Gasteiger partial charge on any atom is 0.335 e. The molecule has 2 unspecified atom stereocenters. The number of hydrogen-bond donors (Lipinski definition) is 1. The molecule has 1 aromatic rings. The van der Waals surface area contributed by atoms with Crippen LogP contribution < -0.4 is 10.1 Å². The second-order valence-corrected chi connectivity index (χ2v) is 5.59. The highest BCUT2D eigenvalue weighted by molar-refractivity contribution is 5.75. The van der Waals surface area contributed by atoms with E-state index in [-0.39, 0.29) is 18.5 Å². The van der Waals surface area contributed by atoms with Crippen molar-refractivity contribution in [1.82, 2.24) is 0 Å². The molecule has 0 aromatic heterocycles. The number of ether oxygens (including phenoxy) is 4. The molecule has 3 atom stereocenters. The Morgan fingerprint density at radius 2 is 2.08 bits per heavy atom. The van der Waals surface area contributed by atoms with Crippen molar-refractivity contribution in [2.75, 3.05) is 19.5 Å². The Kier molecular flexibility index (Phi) is 6.34. The summed E-state index contributed by atoms with van der Waals surface area (Å²) in [6.07, 6.45) is -2.06. The van der Waals surface area contributed by atoms with Gasteiger partial charge in [-0.25, -0.2) is 4.79 Å². The summed E-state index contributed by atoms with van der Waals surface area (Å²) in [5.41, 5.74) is 0.281. The molecule has 0 aliphatic carbocycles. The van der Waals surface area contributed by atoms with Gasteiger partial charge in [0.2, 0.25) is 6.29 Å². The van der Waals surface area contributed by atoms with Gasteiger partial charge in [-0.05, 0) is 6.07 Å². The molecule has 1 saturated heterocycles. The molecule has 26 heavy (non-hydrogen) atoms. The van der Waals surface area contributed by atoms with E-state index in [1.807, 2.05) is 0 Å². The SMILES string of the molecule is CNc1cc([N+](=O)[O-])ccc1OC1CC(OC(C)=O)C[C@@H](C(=O)OC)O1. The molecule has 1 fully saturated rings. The summed E-state index contributed by atoms with van der Waals surface area (Å²) in [6, 6.07) is 4.04. The zero-order valence-electron chi connectivity index (χ0n) is 14.6. The number of nitro groups is 1. The van der Waals surface area contributed by atoms with E-state index in [4.69, 9.17) is 14.2 Å². The van der Waals surface area contributed by atoms with Gasteiger partial charge in [-0.15, -0.1) is 0 Å². The zero-order chi connectivity index (χ0) is 19.3. The minimum atomic E-state index is -0.945. The van der Waals surface area contributed by atoms with Crippen LogP contribution in [-0.2, 0) is 23.8 Å². The van der Waals surface area contributed by atoms with Crippen LogP contribution in [0.5, 0.6) is 5.75 Å². The van der Waals surface area contributed by atoms with Crippen LogP contribution >= 0.6 is 0 Å². The van der Waals surface area contributed by atoms with E-state index in [1.165, 1.54) is 32.2 Å². The fourth-order valence-corrected chi connectivity index (χ4v) is 2.61. The first-order valence-electron chi connectivity index (χ1n) is 7.87. The minimum Gasteiger partial charge on any atom is -0.467 e. The van der Waals surface area contributed by atoms with Crippen molar-refractivity contribution in [3.05, 3.63) is 28.3 Å². The van der Waals surface area contributed by atoms with E-state index < -0.39 is 35.4 Å². The third kappa shape index (κ3) is 4.82. The van der Waals surface area contributed by atoms with Gasteiger partial charge in [-0.1, -0.05) is 0 Å². The van der Waals surface area contributed by atoms with Gasteiger partial charge < -0.3 is 24.3 Å². The number of hydrogen-bond acceptors (Lipinski definition) is 9. The first-order valence-corrected chi connectivity index (χ1v) is 7.87. The van der Waals surface area contributed by atoms with E-state index >= 15 is 0 Å². The Labute approximate surface area is 149 Å². The zero-order valence-corrected chi connectivity index (χ0v) is 14.6. The molecule has 10 heteroatoms. The molecule has 0 radical (unpaired) electrons. The summed E-state index contributed by atoms with van der Waals surface area (Å²) in [5, 5.41) is 13.7. The van der Waals surface area contributed by atoms with E-state index in [0.717, 1.165) is 0 Å². The Hall–Kier alpha value is -2.88. The summed E-state index contributed by atoms with van der Waals surface area (Å²) in [6.45, 7) is 1.27. The van der Waals surface area contributed by atoms with Crippen LogP contribution in [0.25, 0.3) is 0 Å². The van der Waals surface area contributed by atoms with Crippen molar-refractivity contribution in [3.63, 3.8) is 0 Å². The standard InChI is InChI=1S/C16H20N2O8/c1-9(19)24-11-7-14(16(20)23-3)26-15(8-11)25-13-5-4-10(18(21)22)6-12(13)17-2/h4-6,11,14-15,17H,7-8H2,1-3H3/t11?,14-,15?/m0/s1. The predicted molar refractivity (Wildman–Crippen MR) is 88.7 cm³/mol. The van der Waals surface area contributed by atoms with Gasteiger partial charge in [0.25, 0.3) is 5.69 Å². The molecule has 0 bridgehead atoms. The largest absolute Gasteiger partial charge is 0.467 e. The van der Waals surface area contributed by atoms with Gasteiger partial charge in [0.1, 0.15) is 11.9 Å². The topological polar surface area (TPSA) is 126 Å². The molecule has 2 rings (SSSR count). The molecule has 0 saturated carbocycles. The molecule has 1 heterocycles. The van der Waals surface area contributed by atoms with Gasteiger partial charge >= 0.3 is 11.9 Å². The highest BCUT2D eigenvalue weighted by atomic mass is 16.7. The summed E-state index contributed by atoms with van der Waals surface area (Å²) in [7, 11) is 2.82. The molecule has 1 aromatic carbocycles. The highest BCUT2D eigenvalue weighted by Gasteiger charge is 2.37. The first-order chi connectivity index (χ1) is 12.3. The summed E-state index contributed by atoms with van der Waals surface area (Å²) in [4.78, 5) is 33.4. The second-order valence-electron chi connectivity index (χ2n) is 5.59. The van der Waals surface area contributed by atoms with Crippen molar-refractivity contribution in [2.24, 2.45) is 0 Å². The van der Waals surface area contributed by atoms with Crippen molar-refractivity contribution < 1.29 is 33.5 Å². The average molecular weight is 368 g/mol. The lowest BCUT2D eigenvalue weighted by atomic mass is 10.0. The molecular weight excluding hydrogens is 348 g/mol. The fraction of sp³-hybridized carbons (Fsp3) is 0.500. The lowest BCUT2D eigenvalue weighted by Crippen LogP contribution is -2.44. The van der Waals surface area contributed by atoms with Crippen LogP contribution in [0.15, 0.2) is 18.2 Å². The highest BCUT2D eigenvalue weighted by Crippen LogP contribution is 2.32. The number of methoxy groups -OCH3 is 1. The molecule has 0 amide bonds. The number of carbonyl (C=O) groups is 2. The van der Waals surface area contributed by atoms with Crippen LogP contribution in [0.2, 0.25) is 0 Å². The lowest BCUT2D eigenvalue weighted by molar-refractivity contribution is -0.384. The second kappa shape index (κ2) is 8.48. The number of anilines is 1. The van der Waals surface area contributed by atoms with Crippen LogP contribution in [-0.4, -0.2) is 49.5 Å². The number of rotatable bonds is 6. The van der Waals surface area contributed by atoms with Gasteiger partial charge in [-0.2, -0.15) is 0 Å². The number of esters is 2. The quantitative estimate of drug-likeness (QED) is 0.453. The van der Waals surface area contributed by atoms with Crippen molar-refractivity contribution in [2.45, 2.75) is 38.3 Å². The Morgan fingerprint density at radius 3 is 2.65 bits per heavy atom. The number of nitro benzene ring substituents is 1. The molecule has 1 aliphatic heterocycles. The smallest absolute Gasteiger partial charge is 0.335 e. The third-order valence-corrected chi connectivity index (χ3v) is 3.75. The van der Waals surface area contributed by atoms with E-state index in [0.29, 0.717) is 11.4 Å². The van der Waals surface area contributed by atoms with E-state index in [1.54, 1.807) is 7.05 Å². The first kappa shape index (κ1) is 19.4. The lowest BCUT2D eigenvalue weighted by Gasteiger charge is -2.33. The van der Waals surface area contributed by atoms with Crippen LogP contribution in [0.4, 0.5) is 11.4 Å². The van der Waals surface area contributed by atoms with Crippen LogP contribution in [0.3, 0.4) is 0 Å². The number of benzene rings is 1. The number of carbonyl (C=O) groups excluding carboxylic acids is 2. The Morgan fingerprint density at radius 1 is 1.35 bits per heavy atom. The van der Waals surface area contributed by atoms with Crippen molar-refractivity contribution >= 4 is 23.3 Å². The van der Waals surface area contributed by atoms with Gasteiger partial charge in [0, 0.05) is 38.9 Å². The molecule has 142 valence electrons. The number of non-ortho nitro benzene ring substituents is 1. The molecular formula is C16H20N2O8. The average Bonchev–Trinajstić information content (AvgIpc) is 2.60. The molecule has 1 N–H and O–H groups in total. The van der Waals surface area contributed by atoms with Crippen LogP contribution in [0.1, 0.15) is 19.8 Å². The maximum absolute atomic E-state index is 11.8. The van der Waals surface area contributed by atoms with Gasteiger partial charge in [0.15, 0.2) is 6.10 Å². The number of nitrogens with zero attached hydrogens (tertiary/aromatic N) is 1. The molecule has 0 spiro atoms. The summed E-state index contributed by atoms with van der Waals surface area (Å²) in [5.74, 6) is -0.784. The Balaban J connectivity index is 2.19. The van der Waals surface area contributed by atoms with Crippen molar-refractivity contribution in [3.8, 4) is 5.75 Å². The predicted octanol–water partition coefficient (Wildman–Crippen LogP) is 1.63. The molecule has 10 nitrogen and oxygen atoms in total. The molecule has 1 aliphatic rings. The van der Waals surface area contributed by atoms with Crippen molar-refractivity contribution in [1.29, 1.82) is 0 Å². The summed E-state index contributed by atoms with van der Waals surface area (Å²) >= 11 is 0. The summed E-state index contributed by atoms with van der Waals surface area (Å²) < 4.78 is 21.2. The van der Waals surface area contributed by atoms with Gasteiger partial charge in [-0.3, -0.25) is 14.9 Å².